The summed E-state index contributed by atoms with van der Waals surface area (Å²) in [5.74, 6) is 0.616. The summed E-state index contributed by atoms with van der Waals surface area (Å²) in [5, 5.41) is 3.17. The van der Waals surface area contributed by atoms with Gasteiger partial charge in [-0.15, -0.1) is 0 Å². The highest BCUT2D eigenvalue weighted by Crippen LogP contribution is 2.21. The van der Waals surface area contributed by atoms with Crippen molar-refractivity contribution in [1.29, 1.82) is 0 Å². The fraction of sp³-hybridized carbons (Fsp3) is 0.400. The molecule has 2 atom stereocenters. The molecule has 1 saturated heterocycles. The Balaban J connectivity index is 1.46. The lowest BCUT2D eigenvalue weighted by Crippen LogP contribution is -2.40. The molecule has 0 radical (unpaired) electrons. The number of carbonyl (C=O) groups is 1. The third-order valence-corrected chi connectivity index (χ3v) is 4.77. The van der Waals surface area contributed by atoms with Gasteiger partial charge in [0.25, 0.3) is 0 Å². The van der Waals surface area contributed by atoms with Crippen molar-refractivity contribution in [2.45, 2.75) is 32.4 Å². The van der Waals surface area contributed by atoms with Crippen molar-refractivity contribution in [1.82, 2.24) is 15.2 Å². The number of likely N-dealkylation sites (tertiary alicyclic amines) is 1. The number of carbonyl (C=O) groups excluding carboxylic acids is 1. The molecule has 1 fully saturated rings. The highest BCUT2D eigenvalue weighted by atomic mass is 16.1. The zero-order chi connectivity index (χ0) is 16.8. The van der Waals surface area contributed by atoms with Gasteiger partial charge in [-0.3, -0.25) is 14.7 Å². The Morgan fingerprint density at radius 1 is 1.21 bits per heavy atom. The molecule has 1 aliphatic heterocycles. The Kier molecular flexibility index (Phi) is 5.59. The maximum absolute atomic E-state index is 12.2. The number of rotatable bonds is 6. The number of aromatic nitrogens is 1. The molecule has 126 valence electrons. The molecule has 0 aliphatic carbocycles. The third-order valence-electron chi connectivity index (χ3n) is 4.77. The van der Waals surface area contributed by atoms with Crippen LogP contribution in [0.15, 0.2) is 54.9 Å². The van der Waals surface area contributed by atoms with E-state index in [1.165, 1.54) is 5.56 Å². The van der Waals surface area contributed by atoms with Crippen molar-refractivity contribution >= 4 is 5.91 Å². The maximum Gasteiger partial charge on any atom is 0.224 e. The summed E-state index contributed by atoms with van der Waals surface area (Å²) in [7, 11) is 0. The van der Waals surface area contributed by atoms with E-state index in [9.17, 15) is 4.79 Å². The number of nitrogens with zero attached hydrogens (tertiary/aromatic N) is 2. The van der Waals surface area contributed by atoms with Gasteiger partial charge in [0.05, 0.1) is 6.42 Å². The van der Waals surface area contributed by atoms with E-state index >= 15 is 0 Å². The highest BCUT2D eigenvalue weighted by Gasteiger charge is 2.27. The summed E-state index contributed by atoms with van der Waals surface area (Å²) in [6, 6.07) is 14.6. The average molecular weight is 323 g/mol. The van der Waals surface area contributed by atoms with Crippen molar-refractivity contribution in [2.24, 2.45) is 5.92 Å². The van der Waals surface area contributed by atoms with Crippen molar-refractivity contribution in [3.05, 3.63) is 66.0 Å². The van der Waals surface area contributed by atoms with Crippen LogP contribution in [-0.4, -0.2) is 34.9 Å². The molecule has 4 heteroatoms. The fourth-order valence-electron chi connectivity index (χ4n) is 3.36. The Labute approximate surface area is 143 Å². The summed E-state index contributed by atoms with van der Waals surface area (Å²) in [5.41, 5.74) is 2.36. The smallest absolute Gasteiger partial charge is 0.224 e. The van der Waals surface area contributed by atoms with E-state index in [1.807, 2.05) is 12.1 Å². The van der Waals surface area contributed by atoms with Gasteiger partial charge in [0.15, 0.2) is 0 Å². The SMILES string of the molecule is C[C@H](NC(=O)Cc1ccncc1)[C@@H]1CCN(Cc2ccccc2)C1. The lowest BCUT2D eigenvalue weighted by Gasteiger charge is -2.22. The summed E-state index contributed by atoms with van der Waals surface area (Å²) in [4.78, 5) is 18.7. The summed E-state index contributed by atoms with van der Waals surface area (Å²) in [6.45, 7) is 5.27. The van der Waals surface area contributed by atoms with Crippen LogP contribution in [-0.2, 0) is 17.8 Å². The largest absolute Gasteiger partial charge is 0.353 e. The van der Waals surface area contributed by atoms with Crippen LogP contribution in [0.1, 0.15) is 24.5 Å². The molecular formula is C20H25N3O. The predicted octanol–water partition coefficient (Wildman–Crippen LogP) is 2.65. The molecule has 1 aromatic carbocycles. The number of hydrogen-bond donors (Lipinski definition) is 1. The monoisotopic (exact) mass is 323 g/mol. The number of hydrogen-bond acceptors (Lipinski definition) is 3. The van der Waals surface area contributed by atoms with Gasteiger partial charge in [-0.2, -0.15) is 0 Å². The van der Waals surface area contributed by atoms with Gasteiger partial charge in [0, 0.05) is 31.5 Å². The minimum absolute atomic E-state index is 0.0928. The van der Waals surface area contributed by atoms with Gasteiger partial charge < -0.3 is 5.32 Å². The molecular weight excluding hydrogens is 298 g/mol. The Hall–Kier alpha value is -2.20. The number of pyridine rings is 1. The van der Waals surface area contributed by atoms with Crippen LogP contribution in [0.5, 0.6) is 0 Å². The standard InChI is InChI=1S/C20H25N3O/c1-16(22-20(24)13-17-7-10-21-11-8-17)19-9-12-23(15-19)14-18-5-3-2-4-6-18/h2-8,10-11,16,19H,9,12-15H2,1H3,(H,22,24)/t16-,19+/m0/s1. The van der Waals surface area contributed by atoms with Gasteiger partial charge >= 0.3 is 0 Å². The van der Waals surface area contributed by atoms with Crippen LogP contribution >= 0.6 is 0 Å². The molecule has 4 nitrogen and oxygen atoms in total. The Morgan fingerprint density at radius 3 is 2.71 bits per heavy atom. The molecule has 2 heterocycles. The number of amides is 1. The van der Waals surface area contributed by atoms with Crippen molar-refractivity contribution in [3.8, 4) is 0 Å². The molecule has 0 saturated carbocycles. The van der Waals surface area contributed by atoms with Gasteiger partial charge in [-0.25, -0.2) is 0 Å². The van der Waals surface area contributed by atoms with E-state index in [0.717, 1.165) is 31.6 Å². The first kappa shape index (κ1) is 16.7. The van der Waals surface area contributed by atoms with Crippen LogP contribution in [0, 0.1) is 5.92 Å². The van der Waals surface area contributed by atoms with Crippen molar-refractivity contribution < 1.29 is 4.79 Å². The fourth-order valence-corrected chi connectivity index (χ4v) is 3.36. The molecule has 1 aliphatic rings. The number of nitrogens with one attached hydrogen (secondary N) is 1. The zero-order valence-corrected chi connectivity index (χ0v) is 14.2. The predicted molar refractivity (Wildman–Crippen MR) is 95.4 cm³/mol. The van der Waals surface area contributed by atoms with Gasteiger partial charge in [-0.05, 0) is 49.1 Å². The Bertz CT molecular complexity index is 644. The quantitative estimate of drug-likeness (QED) is 0.889. The molecule has 1 amide bonds. The molecule has 0 bridgehead atoms. The van der Waals surface area contributed by atoms with E-state index in [0.29, 0.717) is 12.3 Å². The van der Waals surface area contributed by atoms with Crippen LogP contribution < -0.4 is 5.32 Å². The molecule has 0 unspecified atom stereocenters. The third kappa shape index (κ3) is 4.65. The lowest BCUT2D eigenvalue weighted by molar-refractivity contribution is -0.121. The first-order valence-corrected chi connectivity index (χ1v) is 8.65. The minimum atomic E-state index is 0.0928. The lowest BCUT2D eigenvalue weighted by atomic mass is 10.0. The molecule has 24 heavy (non-hydrogen) atoms. The second-order valence-corrected chi connectivity index (χ2v) is 6.66. The average Bonchev–Trinajstić information content (AvgIpc) is 3.05. The van der Waals surface area contributed by atoms with E-state index in [1.54, 1.807) is 12.4 Å². The van der Waals surface area contributed by atoms with Crippen molar-refractivity contribution in [2.75, 3.05) is 13.1 Å². The van der Waals surface area contributed by atoms with Crippen LogP contribution in [0.25, 0.3) is 0 Å². The summed E-state index contributed by atoms with van der Waals surface area (Å²) < 4.78 is 0. The first-order chi connectivity index (χ1) is 11.7. The normalized spacial score (nSPS) is 19.1. The minimum Gasteiger partial charge on any atom is -0.353 e. The maximum atomic E-state index is 12.2. The molecule has 1 aromatic heterocycles. The summed E-state index contributed by atoms with van der Waals surface area (Å²) in [6.07, 6.45) is 5.02. The molecule has 1 N–H and O–H groups in total. The molecule has 3 rings (SSSR count). The zero-order valence-electron chi connectivity index (χ0n) is 14.2. The van der Waals surface area contributed by atoms with Crippen LogP contribution in [0.3, 0.4) is 0 Å². The van der Waals surface area contributed by atoms with E-state index < -0.39 is 0 Å². The topological polar surface area (TPSA) is 45.2 Å². The second kappa shape index (κ2) is 8.06. The van der Waals surface area contributed by atoms with E-state index in [-0.39, 0.29) is 11.9 Å². The van der Waals surface area contributed by atoms with Gasteiger partial charge in [0.1, 0.15) is 0 Å². The van der Waals surface area contributed by atoms with Gasteiger partial charge in [0.2, 0.25) is 5.91 Å². The van der Waals surface area contributed by atoms with Gasteiger partial charge in [-0.1, -0.05) is 30.3 Å². The van der Waals surface area contributed by atoms with Crippen molar-refractivity contribution in [3.63, 3.8) is 0 Å². The van der Waals surface area contributed by atoms with E-state index in [2.05, 4.69) is 52.5 Å². The van der Waals surface area contributed by atoms with E-state index in [4.69, 9.17) is 0 Å². The second-order valence-electron chi connectivity index (χ2n) is 6.66. The number of benzene rings is 1. The Morgan fingerprint density at radius 2 is 1.96 bits per heavy atom. The molecule has 2 aromatic rings. The summed E-state index contributed by atoms with van der Waals surface area (Å²) >= 11 is 0. The first-order valence-electron chi connectivity index (χ1n) is 8.65. The highest BCUT2D eigenvalue weighted by molar-refractivity contribution is 5.78. The van der Waals surface area contributed by atoms with Crippen LogP contribution in [0.2, 0.25) is 0 Å². The molecule has 0 spiro atoms. The van der Waals surface area contributed by atoms with Crippen LogP contribution in [0.4, 0.5) is 0 Å².